The van der Waals surface area contributed by atoms with Crippen molar-refractivity contribution in [2.45, 2.75) is 39.8 Å². The molecular formula is C13H21NO2S. The molecule has 0 spiro atoms. The van der Waals surface area contributed by atoms with E-state index in [2.05, 4.69) is 26.0 Å². The van der Waals surface area contributed by atoms with Crippen LogP contribution in [0.3, 0.4) is 0 Å². The van der Waals surface area contributed by atoms with E-state index < -0.39 is 12.0 Å². The molecule has 0 radical (unpaired) electrons. The first kappa shape index (κ1) is 14.2. The molecule has 0 amide bonds. The van der Waals surface area contributed by atoms with Gasteiger partial charge in [-0.05, 0) is 38.4 Å². The van der Waals surface area contributed by atoms with Crippen LogP contribution >= 0.6 is 11.3 Å². The summed E-state index contributed by atoms with van der Waals surface area (Å²) in [6.45, 7) is 6.83. The highest BCUT2D eigenvalue weighted by Gasteiger charge is 2.17. The molecule has 0 aliphatic heterocycles. The molecule has 1 aromatic heterocycles. The van der Waals surface area contributed by atoms with Crippen molar-refractivity contribution >= 4 is 17.3 Å². The summed E-state index contributed by atoms with van der Waals surface area (Å²) in [5.41, 5.74) is 0. The van der Waals surface area contributed by atoms with Crippen LogP contribution < -0.4 is 0 Å². The Morgan fingerprint density at radius 3 is 2.47 bits per heavy atom. The maximum atomic E-state index is 10.8. The zero-order valence-electron chi connectivity index (χ0n) is 10.9. The number of carbonyl (C=O) groups is 1. The average molecular weight is 255 g/mol. The number of likely N-dealkylation sites (N-methyl/N-ethyl adjacent to an activating group) is 1. The Labute approximate surface area is 107 Å². The van der Waals surface area contributed by atoms with E-state index in [1.807, 2.05) is 11.9 Å². The van der Waals surface area contributed by atoms with E-state index in [0.717, 1.165) is 6.42 Å². The van der Waals surface area contributed by atoms with Gasteiger partial charge >= 0.3 is 5.97 Å². The molecule has 1 N–H and O–H groups in total. The summed E-state index contributed by atoms with van der Waals surface area (Å²) in [6, 6.07) is 3.82. The van der Waals surface area contributed by atoms with E-state index in [9.17, 15) is 4.79 Å². The third-order valence-corrected chi connectivity index (χ3v) is 3.84. The highest BCUT2D eigenvalue weighted by atomic mass is 32.1. The summed E-state index contributed by atoms with van der Waals surface area (Å²) in [5.74, 6) is -0.108. The molecule has 1 aromatic rings. The molecule has 0 aliphatic rings. The molecule has 1 rings (SSSR count). The Balaban J connectivity index is 2.57. The average Bonchev–Trinajstić information content (AvgIpc) is 2.63. The molecule has 0 aromatic carbocycles. The Morgan fingerprint density at radius 2 is 1.94 bits per heavy atom. The SMILES string of the molecule is CC(C)Cc1ccc(CN(C)[C@@H](C)C(=O)O)s1. The van der Waals surface area contributed by atoms with Gasteiger partial charge in [0.1, 0.15) is 6.04 Å². The number of carboxylic acids is 1. The molecule has 96 valence electrons. The maximum absolute atomic E-state index is 10.8. The highest BCUT2D eigenvalue weighted by molar-refractivity contribution is 7.11. The Morgan fingerprint density at radius 1 is 1.35 bits per heavy atom. The van der Waals surface area contributed by atoms with Gasteiger partial charge in [0.25, 0.3) is 0 Å². The summed E-state index contributed by atoms with van der Waals surface area (Å²) in [5, 5.41) is 8.92. The van der Waals surface area contributed by atoms with Crippen LogP contribution in [-0.4, -0.2) is 29.1 Å². The lowest BCUT2D eigenvalue weighted by Crippen LogP contribution is -2.34. The van der Waals surface area contributed by atoms with Crippen molar-refractivity contribution in [1.82, 2.24) is 4.90 Å². The standard InChI is InChI=1S/C13H21NO2S/c1-9(2)7-11-5-6-12(17-11)8-14(4)10(3)13(15)16/h5-6,9-10H,7-8H2,1-4H3,(H,15,16)/t10-/m0/s1. The minimum Gasteiger partial charge on any atom is -0.480 e. The third-order valence-electron chi connectivity index (χ3n) is 2.75. The molecular weight excluding hydrogens is 234 g/mol. The van der Waals surface area contributed by atoms with Crippen molar-refractivity contribution in [2.24, 2.45) is 5.92 Å². The summed E-state index contributed by atoms with van der Waals surface area (Å²) in [6.07, 6.45) is 1.10. The van der Waals surface area contributed by atoms with Gasteiger partial charge in [0.2, 0.25) is 0 Å². The van der Waals surface area contributed by atoms with Crippen LogP contribution in [0, 0.1) is 5.92 Å². The van der Waals surface area contributed by atoms with Crippen LogP contribution in [0.1, 0.15) is 30.5 Å². The van der Waals surface area contributed by atoms with E-state index in [4.69, 9.17) is 5.11 Å². The van der Waals surface area contributed by atoms with Crippen LogP contribution in [0.25, 0.3) is 0 Å². The third kappa shape index (κ3) is 4.48. The normalized spacial score (nSPS) is 13.3. The van der Waals surface area contributed by atoms with E-state index in [-0.39, 0.29) is 0 Å². The molecule has 3 nitrogen and oxygen atoms in total. The first-order valence-electron chi connectivity index (χ1n) is 5.90. The van der Waals surface area contributed by atoms with Gasteiger partial charge in [-0.1, -0.05) is 13.8 Å². The van der Waals surface area contributed by atoms with E-state index in [1.165, 1.54) is 9.75 Å². The number of rotatable bonds is 6. The zero-order chi connectivity index (χ0) is 13.0. The predicted octanol–water partition coefficient (Wildman–Crippen LogP) is 2.85. The van der Waals surface area contributed by atoms with E-state index >= 15 is 0 Å². The summed E-state index contributed by atoms with van der Waals surface area (Å²) in [4.78, 5) is 15.3. The van der Waals surface area contributed by atoms with E-state index in [1.54, 1.807) is 18.3 Å². The molecule has 0 bridgehead atoms. The van der Waals surface area contributed by atoms with Crippen molar-refractivity contribution in [2.75, 3.05) is 7.05 Å². The maximum Gasteiger partial charge on any atom is 0.320 e. The van der Waals surface area contributed by atoms with Crippen LogP contribution in [0.15, 0.2) is 12.1 Å². The number of thiophene rings is 1. The first-order chi connectivity index (χ1) is 7.90. The molecule has 0 aliphatic carbocycles. The molecule has 17 heavy (non-hydrogen) atoms. The fourth-order valence-corrected chi connectivity index (χ4v) is 2.88. The van der Waals surface area contributed by atoms with E-state index in [0.29, 0.717) is 12.5 Å². The Kier molecular flexibility index (Phi) is 5.15. The Bertz CT molecular complexity index is 373. The first-order valence-corrected chi connectivity index (χ1v) is 6.72. The largest absolute Gasteiger partial charge is 0.480 e. The monoisotopic (exact) mass is 255 g/mol. The summed E-state index contributed by atoms with van der Waals surface area (Å²) in [7, 11) is 1.85. The second-order valence-corrected chi connectivity index (χ2v) is 6.15. The van der Waals surface area contributed by atoms with Crippen molar-refractivity contribution in [3.8, 4) is 0 Å². The zero-order valence-corrected chi connectivity index (χ0v) is 11.8. The summed E-state index contributed by atoms with van der Waals surface area (Å²) >= 11 is 1.78. The molecule has 4 heteroatoms. The minimum atomic E-state index is -0.772. The lowest BCUT2D eigenvalue weighted by molar-refractivity contribution is -0.142. The minimum absolute atomic E-state index is 0.439. The highest BCUT2D eigenvalue weighted by Crippen LogP contribution is 2.21. The second kappa shape index (κ2) is 6.17. The van der Waals surface area contributed by atoms with Crippen molar-refractivity contribution in [3.63, 3.8) is 0 Å². The van der Waals surface area contributed by atoms with Gasteiger partial charge in [-0.3, -0.25) is 9.69 Å². The predicted molar refractivity (Wildman–Crippen MR) is 71.4 cm³/mol. The van der Waals surface area contributed by atoms with Gasteiger partial charge in [-0.15, -0.1) is 11.3 Å². The van der Waals surface area contributed by atoms with Gasteiger partial charge in [0, 0.05) is 16.3 Å². The lowest BCUT2D eigenvalue weighted by atomic mass is 10.1. The Hall–Kier alpha value is -0.870. The van der Waals surface area contributed by atoms with Crippen molar-refractivity contribution < 1.29 is 9.90 Å². The van der Waals surface area contributed by atoms with Gasteiger partial charge in [-0.25, -0.2) is 0 Å². The fourth-order valence-electron chi connectivity index (χ4n) is 1.59. The van der Waals surface area contributed by atoms with Crippen LogP contribution in [0.4, 0.5) is 0 Å². The van der Waals surface area contributed by atoms with Crippen molar-refractivity contribution in [1.29, 1.82) is 0 Å². The molecule has 1 heterocycles. The quantitative estimate of drug-likeness (QED) is 0.849. The van der Waals surface area contributed by atoms with Gasteiger partial charge in [0.05, 0.1) is 0 Å². The van der Waals surface area contributed by atoms with Gasteiger partial charge in [0.15, 0.2) is 0 Å². The molecule has 0 saturated carbocycles. The number of hydrogen-bond donors (Lipinski definition) is 1. The lowest BCUT2D eigenvalue weighted by Gasteiger charge is -2.19. The van der Waals surface area contributed by atoms with Gasteiger partial charge in [-0.2, -0.15) is 0 Å². The smallest absolute Gasteiger partial charge is 0.320 e. The van der Waals surface area contributed by atoms with Crippen molar-refractivity contribution in [3.05, 3.63) is 21.9 Å². The number of carboxylic acid groups (broad SMARTS) is 1. The number of nitrogens with zero attached hydrogens (tertiary/aromatic N) is 1. The van der Waals surface area contributed by atoms with Crippen LogP contribution in [0.5, 0.6) is 0 Å². The molecule has 0 unspecified atom stereocenters. The number of hydrogen-bond acceptors (Lipinski definition) is 3. The molecule has 0 fully saturated rings. The summed E-state index contributed by atoms with van der Waals surface area (Å²) < 4.78 is 0. The topological polar surface area (TPSA) is 40.5 Å². The van der Waals surface area contributed by atoms with Crippen LogP contribution in [0.2, 0.25) is 0 Å². The fraction of sp³-hybridized carbons (Fsp3) is 0.615. The van der Waals surface area contributed by atoms with Gasteiger partial charge < -0.3 is 5.11 Å². The number of aliphatic carboxylic acids is 1. The molecule has 0 saturated heterocycles. The molecule has 1 atom stereocenters. The van der Waals surface area contributed by atoms with Crippen LogP contribution in [-0.2, 0) is 17.8 Å². The second-order valence-electron chi connectivity index (χ2n) is 4.90.